The molecule has 0 saturated carbocycles. The van der Waals surface area contributed by atoms with Gasteiger partial charge in [0.05, 0.1) is 5.00 Å². The van der Waals surface area contributed by atoms with E-state index in [0.717, 1.165) is 16.4 Å². The molecule has 0 atom stereocenters. The molecule has 2 aromatic rings. The van der Waals surface area contributed by atoms with Gasteiger partial charge in [-0.25, -0.2) is 0 Å². The number of hydrogen-bond donors (Lipinski definition) is 2. The quantitative estimate of drug-likeness (QED) is 0.763. The lowest BCUT2D eigenvalue weighted by molar-refractivity contribution is 1.61. The molecule has 0 saturated heterocycles. The summed E-state index contributed by atoms with van der Waals surface area (Å²) in [6, 6.07) is 12.0. The standard InChI is InChI=1S/C10H10N2S/c11-8-6-10(13-7-8)12-9-4-2-1-3-5-9/h1-7,12H,11H2. The monoisotopic (exact) mass is 190 g/mol. The van der Waals surface area contributed by atoms with Gasteiger partial charge < -0.3 is 11.1 Å². The number of anilines is 3. The fourth-order valence-electron chi connectivity index (χ4n) is 1.08. The second-order valence-corrected chi connectivity index (χ2v) is 3.65. The SMILES string of the molecule is Nc1csc(Nc2ccccc2)c1. The van der Waals surface area contributed by atoms with Gasteiger partial charge in [0.25, 0.3) is 0 Å². The summed E-state index contributed by atoms with van der Waals surface area (Å²) in [6.07, 6.45) is 0. The van der Waals surface area contributed by atoms with Crippen LogP contribution in [0.5, 0.6) is 0 Å². The van der Waals surface area contributed by atoms with E-state index in [4.69, 9.17) is 5.73 Å². The van der Waals surface area contributed by atoms with Crippen LogP contribution in [-0.2, 0) is 0 Å². The molecule has 2 nitrogen and oxygen atoms in total. The normalized spacial score (nSPS) is 9.85. The smallest absolute Gasteiger partial charge is 0.0948 e. The predicted octanol–water partition coefficient (Wildman–Crippen LogP) is 3.07. The Morgan fingerprint density at radius 3 is 2.54 bits per heavy atom. The molecule has 0 bridgehead atoms. The van der Waals surface area contributed by atoms with Crippen molar-refractivity contribution in [1.82, 2.24) is 0 Å². The summed E-state index contributed by atoms with van der Waals surface area (Å²) in [5, 5.41) is 6.26. The summed E-state index contributed by atoms with van der Waals surface area (Å²) in [5.74, 6) is 0. The maximum absolute atomic E-state index is 5.60. The molecule has 2 rings (SSSR count). The summed E-state index contributed by atoms with van der Waals surface area (Å²) >= 11 is 1.61. The second-order valence-electron chi connectivity index (χ2n) is 2.74. The number of rotatable bonds is 2. The fourth-order valence-corrected chi connectivity index (χ4v) is 1.79. The minimum absolute atomic E-state index is 0.809. The summed E-state index contributed by atoms with van der Waals surface area (Å²) in [5.41, 5.74) is 7.50. The van der Waals surface area contributed by atoms with Crippen LogP contribution in [-0.4, -0.2) is 0 Å². The van der Waals surface area contributed by atoms with Gasteiger partial charge in [0.1, 0.15) is 0 Å². The first kappa shape index (κ1) is 8.13. The van der Waals surface area contributed by atoms with Crippen molar-refractivity contribution in [3.63, 3.8) is 0 Å². The molecule has 0 aliphatic carbocycles. The van der Waals surface area contributed by atoms with Crippen molar-refractivity contribution in [2.45, 2.75) is 0 Å². The highest BCUT2D eigenvalue weighted by molar-refractivity contribution is 7.14. The Morgan fingerprint density at radius 2 is 1.92 bits per heavy atom. The third-order valence-electron chi connectivity index (χ3n) is 1.66. The minimum Gasteiger partial charge on any atom is -0.398 e. The van der Waals surface area contributed by atoms with E-state index >= 15 is 0 Å². The van der Waals surface area contributed by atoms with Gasteiger partial charge in [-0.05, 0) is 18.2 Å². The van der Waals surface area contributed by atoms with Crippen LogP contribution in [0.15, 0.2) is 41.8 Å². The second kappa shape index (κ2) is 3.49. The van der Waals surface area contributed by atoms with E-state index in [1.165, 1.54) is 0 Å². The summed E-state index contributed by atoms with van der Waals surface area (Å²) in [7, 11) is 0. The molecule has 1 aromatic carbocycles. The van der Waals surface area contributed by atoms with Crippen LogP contribution in [0.2, 0.25) is 0 Å². The van der Waals surface area contributed by atoms with Crippen LogP contribution in [0.3, 0.4) is 0 Å². The van der Waals surface area contributed by atoms with Crippen molar-refractivity contribution < 1.29 is 0 Å². The molecule has 0 aliphatic heterocycles. The molecule has 0 aliphatic rings. The largest absolute Gasteiger partial charge is 0.398 e. The molecule has 0 spiro atoms. The molecular formula is C10H10N2S. The van der Waals surface area contributed by atoms with Gasteiger partial charge >= 0.3 is 0 Å². The Bertz CT molecular complexity index is 381. The Morgan fingerprint density at radius 1 is 1.15 bits per heavy atom. The number of nitrogens with two attached hydrogens (primary N) is 1. The van der Waals surface area contributed by atoms with E-state index in [1.807, 2.05) is 41.8 Å². The van der Waals surface area contributed by atoms with Crippen LogP contribution in [0.1, 0.15) is 0 Å². The van der Waals surface area contributed by atoms with Crippen molar-refractivity contribution in [3.8, 4) is 0 Å². The number of nitrogens with one attached hydrogen (secondary N) is 1. The van der Waals surface area contributed by atoms with Crippen molar-refractivity contribution in [1.29, 1.82) is 0 Å². The van der Waals surface area contributed by atoms with Gasteiger partial charge in [-0.15, -0.1) is 11.3 Å². The third kappa shape index (κ3) is 2.00. The first-order chi connectivity index (χ1) is 6.34. The molecule has 0 radical (unpaired) electrons. The Labute approximate surface area is 81.0 Å². The topological polar surface area (TPSA) is 38.0 Å². The zero-order valence-corrected chi connectivity index (χ0v) is 7.84. The highest BCUT2D eigenvalue weighted by Gasteiger charge is 1.95. The molecular weight excluding hydrogens is 180 g/mol. The first-order valence-electron chi connectivity index (χ1n) is 4.01. The van der Waals surface area contributed by atoms with E-state index < -0.39 is 0 Å². The minimum atomic E-state index is 0.809. The Balaban J connectivity index is 2.15. The Kier molecular flexibility index (Phi) is 2.19. The average molecular weight is 190 g/mol. The van der Waals surface area contributed by atoms with Crippen molar-refractivity contribution in [3.05, 3.63) is 41.8 Å². The van der Waals surface area contributed by atoms with E-state index in [9.17, 15) is 0 Å². The van der Waals surface area contributed by atoms with Crippen molar-refractivity contribution in [2.24, 2.45) is 0 Å². The van der Waals surface area contributed by atoms with Gasteiger partial charge in [-0.2, -0.15) is 0 Å². The zero-order valence-electron chi connectivity index (χ0n) is 7.03. The molecule has 66 valence electrons. The lowest BCUT2D eigenvalue weighted by Crippen LogP contribution is -1.85. The molecule has 3 heteroatoms. The lowest BCUT2D eigenvalue weighted by atomic mass is 10.3. The predicted molar refractivity (Wildman–Crippen MR) is 58.5 cm³/mol. The van der Waals surface area contributed by atoms with Gasteiger partial charge in [-0.1, -0.05) is 18.2 Å². The van der Waals surface area contributed by atoms with Crippen molar-refractivity contribution >= 4 is 27.7 Å². The van der Waals surface area contributed by atoms with E-state index in [1.54, 1.807) is 11.3 Å². The molecule has 1 aromatic heterocycles. The molecule has 0 unspecified atom stereocenters. The molecule has 1 heterocycles. The highest BCUT2D eigenvalue weighted by atomic mass is 32.1. The number of para-hydroxylation sites is 1. The fraction of sp³-hybridized carbons (Fsp3) is 0. The first-order valence-corrected chi connectivity index (χ1v) is 4.88. The van der Waals surface area contributed by atoms with Crippen LogP contribution >= 0.6 is 11.3 Å². The summed E-state index contributed by atoms with van der Waals surface area (Å²) in [4.78, 5) is 0. The zero-order chi connectivity index (χ0) is 9.10. The number of nitrogen functional groups attached to an aromatic ring is 1. The van der Waals surface area contributed by atoms with Crippen molar-refractivity contribution in [2.75, 3.05) is 11.1 Å². The van der Waals surface area contributed by atoms with E-state index in [-0.39, 0.29) is 0 Å². The molecule has 0 amide bonds. The van der Waals surface area contributed by atoms with Gasteiger partial charge in [0.2, 0.25) is 0 Å². The van der Waals surface area contributed by atoms with Gasteiger partial charge in [0, 0.05) is 16.8 Å². The molecule has 3 N–H and O–H groups in total. The lowest BCUT2D eigenvalue weighted by Gasteiger charge is -2.01. The summed E-state index contributed by atoms with van der Waals surface area (Å²) in [6.45, 7) is 0. The van der Waals surface area contributed by atoms with Crippen LogP contribution in [0.4, 0.5) is 16.4 Å². The number of hydrogen-bond acceptors (Lipinski definition) is 3. The molecule has 13 heavy (non-hydrogen) atoms. The molecule has 0 fully saturated rings. The third-order valence-corrected chi connectivity index (χ3v) is 2.52. The maximum Gasteiger partial charge on any atom is 0.0948 e. The van der Waals surface area contributed by atoms with Gasteiger partial charge in [0.15, 0.2) is 0 Å². The average Bonchev–Trinajstić information content (AvgIpc) is 2.53. The van der Waals surface area contributed by atoms with E-state index in [0.29, 0.717) is 0 Å². The van der Waals surface area contributed by atoms with Crippen LogP contribution in [0, 0.1) is 0 Å². The number of thiophene rings is 1. The number of benzene rings is 1. The summed E-state index contributed by atoms with van der Waals surface area (Å²) < 4.78 is 0. The highest BCUT2D eigenvalue weighted by Crippen LogP contribution is 2.25. The Hall–Kier alpha value is -1.48. The van der Waals surface area contributed by atoms with Crippen LogP contribution < -0.4 is 11.1 Å². The van der Waals surface area contributed by atoms with Crippen LogP contribution in [0.25, 0.3) is 0 Å². The van der Waals surface area contributed by atoms with E-state index in [2.05, 4.69) is 5.32 Å². The van der Waals surface area contributed by atoms with Gasteiger partial charge in [-0.3, -0.25) is 0 Å². The maximum atomic E-state index is 5.60.